The Labute approximate surface area is 157 Å². The zero-order chi connectivity index (χ0) is 17.8. The molecule has 2 aromatic carbocycles. The minimum absolute atomic E-state index is 0.255. The van der Waals surface area contributed by atoms with Crippen LogP contribution in [0, 0.1) is 10.5 Å². The molecule has 0 bridgehead atoms. The van der Waals surface area contributed by atoms with Crippen LogP contribution in [0.5, 0.6) is 0 Å². The lowest BCUT2D eigenvalue weighted by atomic mass is 10.3. The number of nitrogens with one attached hydrogen (secondary N) is 2. The number of para-hydroxylation sites is 2. The number of aryl methyl sites for hydroxylation is 1. The van der Waals surface area contributed by atoms with Crippen LogP contribution in [0.25, 0.3) is 5.69 Å². The van der Waals surface area contributed by atoms with Gasteiger partial charge in [-0.1, -0.05) is 30.3 Å². The average molecular weight is 446 g/mol. The van der Waals surface area contributed by atoms with Crippen LogP contribution in [0.15, 0.2) is 64.4 Å². The van der Waals surface area contributed by atoms with E-state index in [-0.39, 0.29) is 5.56 Å². The summed E-state index contributed by atoms with van der Waals surface area (Å²) in [6.45, 7) is 1.76. The second kappa shape index (κ2) is 7.47. The molecule has 1 heterocycles. The van der Waals surface area contributed by atoms with Crippen molar-refractivity contribution in [2.24, 2.45) is 4.99 Å². The van der Waals surface area contributed by atoms with Gasteiger partial charge in [-0.2, -0.15) is 0 Å². The lowest BCUT2D eigenvalue weighted by Gasteiger charge is -2.03. The van der Waals surface area contributed by atoms with E-state index in [4.69, 9.17) is 0 Å². The van der Waals surface area contributed by atoms with Gasteiger partial charge in [0.2, 0.25) is 0 Å². The molecule has 0 aliphatic rings. The summed E-state index contributed by atoms with van der Waals surface area (Å²) in [5, 5.41) is 5.69. The zero-order valence-corrected chi connectivity index (χ0v) is 15.5. The van der Waals surface area contributed by atoms with Crippen molar-refractivity contribution < 1.29 is 4.79 Å². The summed E-state index contributed by atoms with van der Waals surface area (Å²) >= 11 is 2.13. The lowest BCUT2D eigenvalue weighted by molar-refractivity contribution is 0.259. The topological polar surface area (TPSA) is 79.2 Å². The van der Waals surface area contributed by atoms with E-state index >= 15 is 0 Å². The standard InChI is InChI=1S/C18H15IN4O2/c1-12-14(17(24)23(22-12)13-7-3-2-4-8-13)11-20-18(25)21-16-10-6-5-9-15(16)19/h2-11,22H,1H3,(H,21,25). The number of hydrogen-bond acceptors (Lipinski definition) is 2. The smallest absolute Gasteiger partial charge is 0.305 e. The normalized spacial score (nSPS) is 11.0. The Kier molecular flexibility index (Phi) is 5.13. The van der Waals surface area contributed by atoms with Gasteiger partial charge in [-0.05, 0) is 53.8 Å². The summed E-state index contributed by atoms with van der Waals surface area (Å²) in [7, 11) is 0. The minimum Gasteiger partial charge on any atom is -0.305 e. The fraction of sp³-hybridized carbons (Fsp3) is 0.0556. The molecule has 2 amide bonds. The number of rotatable bonds is 3. The maximum absolute atomic E-state index is 12.5. The first kappa shape index (κ1) is 17.2. The number of anilines is 1. The molecule has 0 spiro atoms. The van der Waals surface area contributed by atoms with E-state index in [1.165, 1.54) is 10.9 Å². The predicted molar refractivity (Wildman–Crippen MR) is 107 cm³/mol. The second-order valence-electron chi connectivity index (χ2n) is 5.29. The zero-order valence-electron chi connectivity index (χ0n) is 13.4. The van der Waals surface area contributed by atoms with E-state index in [9.17, 15) is 9.59 Å². The Morgan fingerprint density at radius 1 is 1.16 bits per heavy atom. The number of aliphatic imine (C=N–C) groups is 1. The molecule has 0 saturated carbocycles. The van der Waals surface area contributed by atoms with Gasteiger partial charge in [0.05, 0.1) is 16.9 Å². The van der Waals surface area contributed by atoms with Gasteiger partial charge in [0, 0.05) is 15.5 Å². The van der Waals surface area contributed by atoms with Crippen LogP contribution >= 0.6 is 22.6 Å². The van der Waals surface area contributed by atoms with Crippen LogP contribution in [0.2, 0.25) is 0 Å². The van der Waals surface area contributed by atoms with Crippen molar-refractivity contribution in [3.8, 4) is 5.69 Å². The van der Waals surface area contributed by atoms with E-state index in [1.54, 1.807) is 13.0 Å². The van der Waals surface area contributed by atoms with Gasteiger partial charge in [0.1, 0.15) is 0 Å². The number of H-pyrrole nitrogens is 1. The number of halogens is 1. The third-order valence-electron chi connectivity index (χ3n) is 3.56. The molecule has 0 aliphatic heterocycles. The minimum atomic E-state index is -0.532. The summed E-state index contributed by atoms with van der Waals surface area (Å²) in [6, 6.07) is 16.1. The first-order valence-corrected chi connectivity index (χ1v) is 8.61. The van der Waals surface area contributed by atoms with Crippen molar-refractivity contribution >= 4 is 40.5 Å². The third kappa shape index (κ3) is 3.87. The molecule has 3 rings (SSSR count). The second-order valence-corrected chi connectivity index (χ2v) is 6.46. The molecule has 0 saturated heterocycles. The van der Waals surface area contributed by atoms with Crippen LogP contribution < -0.4 is 10.9 Å². The van der Waals surface area contributed by atoms with E-state index in [0.717, 1.165) is 9.26 Å². The molecule has 0 unspecified atom stereocenters. The van der Waals surface area contributed by atoms with E-state index in [2.05, 4.69) is 38.0 Å². The SMILES string of the molecule is Cc1[nH]n(-c2ccccc2)c(=O)c1C=NC(=O)Nc1ccccc1I. The largest absolute Gasteiger partial charge is 0.345 e. The van der Waals surface area contributed by atoms with Gasteiger partial charge in [-0.25, -0.2) is 14.5 Å². The van der Waals surface area contributed by atoms with Crippen molar-refractivity contribution in [3.05, 3.63) is 79.8 Å². The van der Waals surface area contributed by atoms with Gasteiger partial charge in [-0.15, -0.1) is 0 Å². The highest BCUT2D eigenvalue weighted by Crippen LogP contribution is 2.17. The molecule has 6 nitrogen and oxygen atoms in total. The molecule has 25 heavy (non-hydrogen) atoms. The number of carbonyl (C=O) groups is 1. The highest BCUT2D eigenvalue weighted by molar-refractivity contribution is 14.1. The molecule has 0 aliphatic carbocycles. The number of nitrogens with zero attached hydrogens (tertiary/aromatic N) is 2. The molecule has 1 aromatic heterocycles. The van der Waals surface area contributed by atoms with Gasteiger partial charge < -0.3 is 5.32 Å². The molecule has 126 valence electrons. The average Bonchev–Trinajstić information content (AvgIpc) is 2.90. The molecule has 3 aromatic rings. The summed E-state index contributed by atoms with van der Waals surface area (Å²) in [5.74, 6) is 0. The number of aromatic nitrogens is 2. The number of benzene rings is 2. The van der Waals surface area contributed by atoms with E-state index < -0.39 is 6.03 Å². The molecular weight excluding hydrogens is 431 g/mol. The van der Waals surface area contributed by atoms with Crippen LogP contribution in [0.3, 0.4) is 0 Å². The number of urea groups is 1. The maximum Gasteiger partial charge on any atom is 0.345 e. The quantitative estimate of drug-likeness (QED) is 0.475. The molecule has 0 fully saturated rings. The van der Waals surface area contributed by atoms with Crippen LogP contribution in [-0.4, -0.2) is 22.0 Å². The summed E-state index contributed by atoms with van der Waals surface area (Å²) in [5.41, 5.74) is 2.13. The van der Waals surface area contributed by atoms with Crippen molar-refractivity contribution in [2.75, 3.05) is 5.32 Å². The Hall–Kier alpha value is -2.68. The predicted octanol–water partition coefficient (Wildman–Crippen LogP) is 3.73. The summed E-state index contributed by atoms with van der Waals surface area (Å²) in [4.78, 5) is 28.4. The number of hydrogen-bond donors (Lipinski definition) is 2. The van der Waals surface area contributed by atoms with Crippen molar-refractivity contribution in [1.29, 1.82) is 0 Å². The monoisotopic (exact) mass is 446 g/mol. The highest BCUT2D eigenvalue weighted by Gasteiger charge is 2.11. The van der Waals surface area contributed by atoms with Crippen molar-refractivity contribution in [3.63, 3.8) is 0 Å². The number of aromatic amines is 1. The molecule has 0 atom stereocenters. The Morgan fingerprint density at radius 3 is 2.56 bits per heavy atom. The third-order valence-corrected chi connectivity index (χ3v) is 4.50. The summed E-state index contributed by atoms with van der Waals surface area (Å²) in [6.07, 6.45) is 1.29. The first-order valence-electron chi connectivity index (χ1n) is 7.53. The fourth-order valence-electron chi connectivity index (χ4n) is 2.30. The van der Waals surface area contributed by atoms with Gasteiger partial charge in [-0.3, -0.25) is 9.89 Å². The van der Waals surface area contributed by atoms with Gasteiger partial charge in [0.15, 0.2) is 0 Å². The van der Waals surface area contributed by atoms with Crippen LogP contribution in [0.1, 0.15) is 11.3 Å². The molecule has 7 heteroatoms. The molecule has 0 radical (unpaired) electrons. The number of amides is 2. The van der Waals surface area contributed by atoms with Gasteiger partial charge >= 0.3 is 6.03 Å². The fourth-order valence-corrected chi connectivity index (χ4v) is 2.83. The van der Waals surface area contributed by atoms with Crippen LogP contribution in [-0.2, 0) is 0 Å². The number of carbonyl (C=O) groups excluding carboxylic acids is 1. The van der Waals surface area contributed by atoms with E-state index in [0.29, 0.717) is 16.9 Å². The Morgan fingerprint density at radius 2 is 1.84 bits per heavy atom. The maximum atomic E-state index is 12.5. The lowest BCUT2D eigenvalue weighted by Crippen LogP contribution is -2.17. The Balaban J connectivity index is 1.82. The highest BCUT2D eigenvalue weighted by atomic mass is 127. The van der Waals surface area contributed by atoms with E-state index in [1.807, 2.05) is 48.5 Å². The van der Waals surface area contributed by atoms with Crippen LogP contribution in [0.4, 0.5) is 10.5 Å². The molecule has 2 N–H and O–H groups in total. The molecular formula is C18H15IN4O2. The summed E-state index contributed by atoms with van der Waals surface area (Å²) < 4.78 is 2.34. The Bertz CT molecular complexity index is 990. The van der Waals surface area contributed by atoms with Crippen molar-refractivity contribution in [2.45, 2.75) is 6.92 Å². The van der Waals surface area contributed by atoms with Crippen molar-refractivity contribution in [1.82, 2.24) is 9.78 Å². The van der Waals surface area contributed by atoms with Gasteiger partial charge in [0.25, 0.3) is 5.56 Å². The first-order chi connectivity index (χ1) is 12.1.